The Balaban J connectivity index is 1.57. The van der Waals surface area contributed by atoms with Gasteiger partial charge in [0.05, 0.1) is 4.90 Å². The summed E-state index contributed by atoms with van der Waals surface area (Å²) in [5.41, 5.74) is 0.939. The van der Waals surface area contributed by atoms with Crippen LogP contribution in [0.1, 0.15) is 23.4 Å². The Morgan fingerprint density at radius 2 is 1.85 bits per heavy atom. The standard InChI is InChI=1S/C19H17ClN2O4S/c20-14-6-7-17-13(10-14)11-18(26-17)19(23)21-15-4-3-5-16(12-15)27(24,25)22-8-1-2-9-22/h3-7,10-12H,1-2,8-9H2,(H,21,23). The summed E-state index contributed by atoms with van der Waals surface area (Å²) >= 11 is 5.95. The number of carbonyl (C=O) groups is 1. The van der Waals surface area contributed by atoms with E-state index in [0.717, 1.165) is 18.2 Å². The van der Waals surface area contributed by atoms with Crippen molar-refractivity contribution in [2.24, 2.45) is 0 Å². The van der Waals surface area contributed by atoms with Gasteiger partial charge in [-0.05, 0) is 55.3 Å². The number of amides is 1. The van der Waals surface area contributed by atoms with E-state index in [2.05, 4.69) is 5.32 Å². The molecular weight excluding hydrogens is 388 g/mol. The average molecular weight is 405 g/mol. The maximum Gasteiger partial charge on any atom is 0.291 e. The Morgan fingerprint density at radius 1 is 1.07 bits per heavy atom. The van der Waals surface area contributed by atoms with Crippen molar-refractivity contribution < 1.29 is 17.6 Å². The lowest BCUT2D eigenvalue weighted by Gasteiger charge is -2.16. The lowest BCUT2D eigenvalue weighted by atomic mass is 10.2. The Morgan fingerprint density at radius 3 is 2.63 bits per heavy atom. The fourth-order valence-electron chi connectivity index (χ4n) is 3.13. The fourth-order valence-corrected chi connectivity index (χ4v) is 4.87. The largest absolute Gasteiger partial charge is 0.451 e. The van der Waals surface area contributed by atoms with Gasteiger partial charge in [0, 0.05) is 29.2 Å². The van der Waals surface area contributed by atoms with Crippen LogP contribution in [0.2, 0.25) is 5.02 Å². The van der Waals surface area contributed by atoms with Crippen molar-refractivity contribution in [3.05, 3.63) is 59.3 Å². The molecule has 1 aromatic heterocycles. The molecule has 1 fully saturated rings. The van der Waals surface area contributed by atoms with E-state index in [1.54, 1.807) is 36.4 Å². The first-order valence-electron chi connectivity index (χ1n) is 8.54. The van der Waals surface area contributed by atoms with E-state index < -0.39 is 15.9 Å². The topological polar surface area (TPSA) is 79.6 Å². The van der Waals surface area contributed by atoms with Crippen molar-refractivity contribution in [3.8, 4) is 0 Å². The van der Waals surface area contributed by atoms with Crippen LogP contribution in [0.3, 0.4) is 0 Å². The van der Waals surface area contributed by atoms with Crippen molar-refractivity contribution in [1.82, 2.24) is 4.31 Å². The van der Waals surface area contributed by atoms with Crippen LogP contribution in [0.5, 0.6) is 0 Å². The lowest BCUT2D eigenvalue weighted by molar-refractivity contribution is 0.0998. The number of rotatable bonds is 4. The van der Waals surface area contributed by atoms with Crippen molar-refractivity contribution in [1.29, 1.82) is 0 Å². The first-order valence-corrected chi connectivity index (χ1v) is 10.4. The normalized spacial score (nSPS) is 15.3. The zero-order valence-electron chi connectivity index (χ0n) is 14.3. The molecule has 3 aromatic rings. The summed E-state index contributed by atoms with van der Waals surface area (Å²) in [4.78, 5) is 12.7. The molecule has 0 bridgehead atoms. The second kappa shape index (κ2) is 6.99. The molecule has 1 aliphatic rings. The molecule has 0 radical (unpaired) electrons. The second-order valence-electron chi connectivity index (χ2n) is 6.39. The molecule has 2 heterocycles. The highest BCUT2D eigenvalue weighted by Crippen LogP contribution is 2.25. The summed E-state index contributed by atoms with van der Waals surface area (Å²) in [6, 6.07) is 12.9. The minimum atomic E-state index is -3.54. The number of benzene rings is 2. The molecule has 1 saturated heterocycles. The molecule has 1 aliphatic heterocycles. The van der Waals surface area contributed by atoms with Crippen LogP contribution in [0.25, 0.3) is 11.0 Å². The Labute approximate surface area is 161 Å². The molecule has 27 heavy (non-hydrogen) atoms. The van der Waals surface area contributed by atoms with E-state index in [0.29, 0.717) is 29.4 Å². The maximum atomic E-state index is 12.7. The fraction of sp³-hybridized carbons (Fsp3) is 0.211. The molecule has 6 nitrogen and oxygen atoms in total. The molecule has 8 heteroatoms. The molecular formula is C19H17ClN2O4S. The van der Waals surface area contributed by atoms with Crippen LogP contribution in [0.15, 0.2) is 57.8 Å². The van der Waals surface area contributed by atoms with Crippen LogP contribution in [0.4, 0.5) is 5.69 Å². The molecule has 4 rings (SSSR count). The molecule has 0 atom stereocenters. The number of furan rings is 1. The van der Waals surface area contributed by atoms with Crippen molar-refractivity contribution in [3.63, 3.8) is 0 Å². The Bertz CT molecular complexity index is 1120. The van der Waals surface area contributed by atoms with Gasteiger partial charge in [-0.15, -0.1) is 0 Å². The van der Waals surface area contributed by atoms with Crippen molar-refractivity contribution in [2.45, 2.75) is 17.7 Å². The second-order valence-corrected chi connectivity index (χ2v) is 8.76. The zero-order valence-corrected chi connectivity index (χ0v) is 15.9. The Hall–Kier alpha value is -2.35. The minimum Gasteiger partial charge on any atom is -0.451 e. The zero-order chi connectivity index (χ0) is 19.0. The quantitative estimate of drug-likeness (QED) is 0.709. The third-order valence-corrected chi connectivity index (χ3v) is 6.63. The summed E-state index contributed by atoms with van der Waals surface area (Å²) < 4.78 is 32.4. The minimum absolute atomic E-state index is 0.125. The number of sulfonamides is 1. The summed E-state index contributed by atoms with van der Waals surface area (Å²) in [5, 5.41) is 3.96. The van der Waals surface area contributed by atoms with Gasteiger partial charge in [0.15, 0.2) is 5.76 Å². The Kier molecular flexibility index (Phi) is 4.67. The van der Waals surface area contributed by atoms with Gasteiger partial charge in [0.2, 0.25) is 10.0 Å². The third-order valence-electron chi connectivity index (χ3n) is 4.50. The highest BCUT2D eigenvalue weighted by molar-refractivity contribution is 7.89. The number of halogens is 1. The van der Waals surface area contributed by atoms with Gasteiger partial charge in [-0.3, -0.25) is 4.79 Å². The predicted octanol–water partition coefficient (Wildman–Crippen LogP) is 4.12. The molecule has 1 amide bonds. The summed E-state index contributed by atoms with van der Waals surface area (Å²) in [6.45, 7) is 1.06. The third kappa shape index (κ3) is 3.58. The monoisotopic (exact) mass is 404 g/mol. The number of nitrogens with zero attached hydrogens (tertiary/aromatic N) is 1. The molecule has 1 N–H and O–H groups in total. The summed E-state index contributed by atoms with van der Waals surface area (Å²) in [6.07, 6.45) is 1.73. The van der Waals surface area contributed by atoms with Crippen molar-refractivity contribution in [2.75, 3.05) is 18.4 Å². The van der Waals surface area contributed by atoms with Crippen LogP contribution >= 0.6 is 11.6 Å². The van der Waals surface area contributed by atoms with Crippen LogP contribution in [-0.2, 0) is 10.0 Å². The van der Waals surface area contributed by atoms with Gasteiger partial charge in [-0.2, -0.15) is 4.31 Å². The van der Waals surface area contributed by atoms with Gasteiger partial charge in [-0.25, -0.2) is 8.42 Å². The van der Waals surface area contributed by atoms with E-state index in [9.17, 15) is 13.2 Å². The van der Waals surface area contributed by atoms with Crippen molar-refractivity contribution >= 4 is 44.2 Å². The van der Waals surface area contributed by atoms with Crippen LogP contribution < -0.4 is 5.32 Å². The van der Waals surface area contributed by atoms with Crippen LogP contribution in [0, 0.1) is 0 Å². The average Bonchev–Trinajstić information content (AvgIpc) is 3.31. The van der Waals surface area contributed by atoms with E-state index in [1.165, 1.54) is 16.4 Å². The van der Waals surface area contributed by atoms with E-state index in [4.69, 9.17) is 16.0 Å². The van der Waals surface area contributed by atoms with Gasteiger partial charge in [-0.1, -0.05) is 17.7 Å². The summed E-state index contributed by atoms with van der Waals surface area (Å²) in [5.74, 6) is -0.335. The number of hydrogen-bond donors (Lipinski definition) is 1. The van der Waals surface area contributed by atoms with E-state index in [-0.39, 0.29) is 10.7 Å². The van der Waals surface area contributed by atoms with Crippen LogP contribution in [-0.4, -0.2) is 31.7 Å². The summed E-state index contributed by atoms with van der Waals surface area (Å²) in [7, 11) is -3.54. The lowest BCUT2D eigenvalue weighted by Crippen LogP contribution is -2.27. The number of hydrogen-bond acceptors (Lipinski definition) is 4. The number of carbonyl (C=O) groups excluding carboxylic acids is 1. The molecule has 2 aromatic carbocycles. The predicted molar refractivity (Wildman–Crippen MR) is 104 cm³/mol. The first kappa shape index (κ1) is 18.0. The SMILES string of the molecule is O=C(Nc1cccc(S(=O)(=O)N2CCCC2)c1)c1cc2cc(Cl)ccc2o1. The number of nitrogens with one attached hydrogen (secondary N) is 1. The number of fused-ring (bicyclic) bond motifs is 1. The van der Waals surface area contributed by atoms with E-state index >= 15 is 0 Å². The van der Waals surface area contributed by atoms with Gasteiger partial charge >= 0.3 is 0 Å². The van der Waals surface area contributed by atoms with Gasteiger partial charge < -0.3 is 9.73 Å². The van der Waals surface area contributed by atoms with Gasteiger partial charge in [0.25, 0.3) is 5.91 Å². The molecule has 0 spiro atoms. The molecule has 0 aliphatic carbocycles. The highest BCUT2D eigenvalue weighted by atomic mass is 35.5. The van der Waals surface area contributed by atoms with Gasteiger partial charge in [0.1, 0.15) is 5.58 Å². The molecule has 0 unspecified atom stereocenters. The molecule has 0 saturated carbocycles. The molecule has 140 valence electrons. The number of anilines is 1. The smallest absolute Gasteiger partial charge is 0.291 e. The van der Waals surface area contributed by atoms with E-state index in [1.807, 2.05) is 0 Å². The maximum absolute atomic E-state index is 12.7. The highest BCUT2D eigenvalue weighted by Gasteiger charge is 2.27. The first-order chi connectivity index (χ1) is 12.9.